The molecular formula is C20H23N5O. The van der Waals surface area contributed by atoms with Crippen LogP contribution < -0.4 is 11.2 Å². The third-order valence-electron chi connectivity index (χ3n) is 4.05. The third-order valence-corrected chi connectivity index (χ3v) is 4.05. The molecule has 0 amide bonds. The van der Waals surface area contributed by atoms with E-state index in [0.29, 0.717) is 25.4 Å². The van der Waals surface area contributed by atoms with Crippen LogP contribution in [0.4, 0.5) is 0 Å². The zero-order valence-electron chi connectivity index (χ0n) is 14.9. The number of aromatic nitrogens is 3. The molecule has 0 saturated carbocycles. The number of nitrogens with zero attached hydrogens (tertiary/aromatic N) is 3. The van der Waals surface area contributed by atoms with Crippen LogP contribution in [0.2, 0.25) is 0 Å². The number of methoxy groups -OCH3 is 1. The topological polar surface area (TPSA) is 78.0 Å². The van der Waals surface area contributed by atoms with Gasteiger partial charge in [-0.05, 0) is 35.9 Å². The normalized spacial score (nSPS) is 11.3. The molecule has 6 heteroatoms. The summed E-state index contributed by atoms with van der Waals surface area (Å²) in [5.41, 5.74) is 3.87. The average Bonchev–Trinajstić information content (AvgIpc) is 3.00. The molecule has 3 N–H and O–H groups in total. The largest absolute Gasteiger partial charge is 0.383 e. The number of fused-ring (bicyclic) bond motifs is 1. The monoisotopic (exact) mass is 349 g/mol. The van der Waals surface area contributed by atoms with Gasteiger partial charge in [0.15, 0.2) is 5.82 Å². The maximum atomic E-state index is 6.19. The van der Waals surface area contributed by atoms with E-state index in [1.807, 2.05) is 24.3 Å². The van der Waals surface area contributed by atoms with Crippen molar-refractivity contribution in [2.75, 3.05) is 26.1 Å². The maximum Gasteiger partial charge on any atom is 0.151 e. The first-order valence-electron chi connectivity index (χ1n) is 8.42. The fourth-order valence-corrected chi connectivity index (χ4v) is 2.66. The molecule has 0 aliphatic carbocycles. The van der Waals surface area contributed by atoms with E-state index in [1.165, 1.54) is 5.56 Å². The van der Waals surface area contributed by atoms with Gasteiger partial charge in [-0.15, -0.1) is 0 Å². The number of hydrogen-bond acceptors (Lipinski definition) is 5. The number of rotatable bonds is 8. The molecule has 26 heavy (non-hydrogen) atoms. The molecule has 0 aliphatic heterocycles. The number of nitrogen functional groups attached to an aromatic ring is 1. The van der Waals surface area contributed by atoms with Crippen molar-refractivity contribution in [1.82, 2.24) is 20.0 Å². The van der Waals surface area contributed by atoms with Gasteiger partial charge in [-0.1, -0.05) is 18.7 Å². The first-order valence-corrected chi connectivity index (χ1v) is 8.42. The molecule has 0 radical (unpaired) electrons. The van der Waals surface area contributed by atoms with Crippen molar-refractivity contribution >= 4 is 17.0 Å². The number of nitrogens with one attached hydrogen (secondary N) is 1. The Hall–Kier alpha value is -3.12. The zero-order chi connectivity index (χ0) is 18.4. The SMILES string of the molecule is C=C(/C=C\c1ncc(Cc2ccc3ncccc3c2)n1N)NCCOC. The van der Waals surface area contributed by atoms with E-state index >= 15 is 0 Å². The smallest absolute Gasteiger partial charge is 0.151 e. The maximum absolute atomic E-state index is 6.19. The van der Waals surface area contributed by atoms with Crippen molar-refractivity contribution < 1.29 is 4.74 Å². The minimum Gasteiger partial charge on any atom is -0.383 e. The highest BCUT2D eigenvalue weighted by molar-refractivity contribution is 5.79. The Labute approximate surface area is 153 Å². The molecule has 1 aromatic carbocycles. The predicted octanol–water partition coefficient (Wildman–Crippen LogP) is 2.50. The van der Waals surface area contributed by atoms with E-state index in [0.717, 1.165) is 22.3 Å². The van der Waals surface area contributed by atoms with Gasteiger partial charge < -0.3 is 15.9 Å². The molecule has 0 unspecified atom stereocenters. The number of ether oxygens (including phenoxy) is 1. The van der Waals surface area contributed by atoms with Crippen molar-refractivity contribution in [3.05, 3.63) is 78.2 Å². The summed E-state index contributed by atoms with van der Waals surface area (Å²) >= 11 is 0. The van der Waals surface area contributed by atoms with Gasteiger partial charge in [0.1, 0.15) is 0 Å². The summed E-state index contributed by atoms with van der Waals surface area (Å²) in [5, 5.41) is 4.26. The lowest BCUT2D eigenvalue weighted by Gasteiger charge is -2.06. The Kier molecular flexibility index (Phi) is 5.66. The minimum absolute atomic E-state index is 0.629. The van der Waals surface area contributed by atoms with E-state index in [2.05, 4.69) is 40.1 Å². The van der Waals surface area contributed by atoms with Crippen molar-refractivity contribution in [3.63, 3.8) is 0 Å². The summed E-state index contributed by atoms with van der Waals surface area (Å²) in [5.74, 6) is 6.87. The molecule has 6 nitrogen and oxygen atoms in total. The quantitative estimate of drug-likeness (QED) is 0.371. The van der Waals surface area contributed by atoms with Crippen molar-refractivity contribution in [2.24, 2.45) is 0 Å². The van der Waals surface area contributed by atoms with Crippen LogP contribution in [0.1, 0.15) is 17.1 Å². The zero-order valence-corrected chi connectivity index (χ0v) is 14.9. The summed E-state index contributed by atoms with van der Waals surface area (Å²) in [6.45, 7) is 5.27. The van der Waals surface area contributed by atoms with Crippen LogP contribution in [0, 0.1) is 0 Å². The first kappa shape index (κ1) is 17.7. The molecule has 0 bridgehead atoms. The number of imidazole rings is 1. The number of hydrogen-bond donors (Lipinski definition) is 2. The van der Waals surface area contributed by atoms with E-state index < -0.39 is 0 Å². The number of nitrogens with two attached hydrogens (primary N) is 1. The van der Waals surface area contributed by atoms with E-state index in [-0.39, 0.29) is 0 Å². The summed E-state index contributed by atoms with van der Waals surface area (Å²) in [7, 11) is 1.67. The number of benzene rings is 1. The molecule has 2 aromatic heterocycles. The predicted molar refractivity (Wildman–Crippen MR) is 105 cm³/mol. The second-order valence-corrected chi connectivity index (χ2v) is 5.96. The number of pyridine rings is 1. The Bertz CT molecular complexity index is 929. The van der Waals surface area contributed by atoms with Crippen LogP contribution in [-0.2, 0) is 11.2 Å². The highest BCUT2D eigenvalue weighted by Crippen LogP contribution is 2.16. The molecule has 134 valence electrons. The van der Waals surface area contributed by atoms with Crippen LogP contribution in [0.5, 0.6) is 0 Å². The molecule has 3 aromatic rings. The van der Waals surface area contributed by atoms with Gasteiger partial charge in [0.25, 0.3) is 0 Å². The Morgan fingerprint density at radius 2 is 2.23 bits per heavy atom. The van der Waals surface area contributed by atoms with E-state index in [1.54, 1.807) is 24.2 Å². The highest BCUT2D eigenvalue weighted by atomic mass is 16.5. The Balaban J connectivity index is 1.69. The molecule has 3 rings (SSSR count). The van der Waals surface area contributed by atoms with Gasteiger partial charge in [0, 0.05) is 37.4 Å². The van der Waals surface area contributed by atoms with Gasteiger partial charge in [-0.25, -0.2) is 9.66 Å². The fourth-order valence-electron chi connectivity index (χ4n) is 2.66. The average molecular weight is 349 g/mol. The third kappa shape index (κ3) is 4.29. The van der Waals surface area contributed by atoms with Crippen molar-refractivity contribution in [1.29, 1.82) is 0 Å². The van der Waals surface area contributed by atoms with Gasteiger partial charge in [0.05, 0.1) is 24.0 Å². The van der Waals surface area contributed by atoms with Gasteiger partial charge >= 0.3 is 0 Å². The standard InChI is InChI=1S/C20H23N5O/c1-15(22-10-11-26-2)5-8-20-24-14-18(25(20)21)13-16-6-7-19-17(12-16)4-3-9-23-19/h3-9,12,14,22H,1,10-11,13,21H2,2H3/b8-5-. The van der Waals surface area contributed by atoms with Crippen molar-refractivity contribution in [3.8, 4) is 0 Å². The number of allylic oxidation sites excluding steroid dienone is 1. The summed E-state index contributed by atoms with van der Waals surface area (Å²) < 4.78 is 6.60. The van der Waals surface area contributed by atoms with Gasteiger partial charge in [-0.2, -0.15) is 0 Å². The highest BCUT2D eigenvalue weighted by Gasteiger charge is 2.07. The lowest BCUT2D eigenvalue weighted by Crippen LogP contribution is -2.17. The van der Waals surface area contributed by atoms with Crippen LogP contribution in [0.15, 0.2) is 61.1 Å². The fraction of sp³-hybridized carbons (Fsp3) is 0.200. The molecule has 0 aliphatic rings. The van der Waals surface area contributed by atoms with Crippen LogP contribution in [0.3, 0.4) is 0 Å². The van der Waals surface area contributed by atoms with Crippen LogP contribution in [0.25, 0.3) is 17.0 Å². The van der Waals surface area contributed by atoms with Gasteiger partial charge in [0.2, 0.25) is 0 Å². The van der Waals surface area contributed by atoms with E-state index in [9.17, 15) is 0 Å². The second-order valence-electron chi connectivity index (χ2n) is 5.96. The summed E-state index contributed by atoms with van der Waals surface area (Å²) in [6.07, 6.45) is 8.00. The first-order chi connectivity index (χ1) is 12.7. The Morgan fingerprint density at radius 3 is 3.08 bits per heavy atom. The van der Waals surface area contributed by atoms with Crippen LogP contribution >= 0.6 is 0 Å². The van der Waals surface area contributed by atoms with E-state index in [4.69, 9.17) is 10.6 Å². The van der Waals surface area contributed by atoms with Crippen molar-refractivity contribution in [2.45, 2.75) is 6.42 Å². The minimum atomic E-state index is 0.629. The molecule has 0 saturated heterocycles. The molecule has 2 heterocycles. The molecule has 0 fully saturated rings. The molecular weight excluding hydrogens is 326 g/mol. The second kappa shape index (κ2) is 8.31. The lowest BCUT2D eigenvalue weighted by molar-refractivity contribution is 0.202. The summed E-state index contributed by atoms with van der Waals surface area (Å²) in [4.78, 5) is 8.73. The van der Waals surface area contributed by atoms with Gasteiger partial charge in [-0.3, -0.25) is 4.98 Å². The molecule has 0 spiro atoms. The lowest BCUT2D eigenvalue weighted by atomic mass is 10.1. The molecule has 0 atom stereocenters. The summed E-state index contributed by atoms with van der Waals surface area (Å²) in [6, 6.07) is 10.2. The Morgan fingerprint density at radius 1 is 1.35 bits per heavy atom. The van der Waals surface area contributed by atoms with Crippen LogP contribution in [-0.4, -0.2) is 34.9 Å².